The number of para-hydroxylation sites is 1. The first-order valence-corrected chi connectivity index (χ1v) is 7.66. The van der Waals surface area contributed by atoms with Gasteiger partial charge in [0.05, 0.1) is 4.90 Å². The van der Waals surface area contributed by atoms with E-state index in [1.165, 1.54) is 12.1 Å². The minimum absolute atomic E-state index is 0.115. The Morgan fingerprint density at radius 2 is 1.65 bits per heavy atom. The number of hydrogen-bond donors (Lipinski definition) is 2. The van der Waals surface area contributed by atoms with Gasteiger partial charge in [-0.2, -0.15) is 8.42 Å². The lowest BCUT2D eigenvalue weighted by Gasteiger charge is -2.13. The SMILES string of the molecule is CC(Cc1ccccc1O)c1ccc(S(=O)(=O)O)cc1. The van der Waals surface area contributed by atoms with E-state index >= 15 is 0 Å². The Balaban J connectivity index is 2.18. The fourth-order valence-corrected chi connectivity index (χ4v) is 2.58. The van der Waals surface area contributed by atoms with Crippen molar-refractivity contribution in [1.29, 1.82) is 0 Å². The van der Waals surface area contributed by atoms with Crippen molar-refractivity contribution in [2.75, 3.05) is 0 Å². The molecule has 1 atom stereocenters. The van der Waals surface area contributed by atoms with Crippen LogP contribution >= 0.6 is 0 Å². The zero-order valence-electron chi connectivity index (χ0n) is 11.0. The summed E-state index contributed by atoms with van der Waals surface area (Å²) >= 11 is 0. The second-order valence-corrected chi connectivity index (χ2v) is 6.20. The Hall–Kier alpha value is -1.85. The summed E-state index contributed by atoms with van der Waals surface area (Å²) in [5.41, 5.74) is 1.79. The molecular weight excluding hydrogens is 276 g/mol. The summed E-state index contributed by atoms with van der Waals surface area (Å²) in [5.74, 6) is 0.382. The average molecular weight is 292 g/mol. The van der Waals surface area contributed by atoms with Crippen LogP contribution in [-0.4, -0.2) is 18.1 Å². The average Bonchev–Trinajstić information content (AvgIpc) is 2.40. The van der Waals surface area contributed by atoms with Crippen LogP contribution < -0.4 is 0 Å². The molecule has 20 heavy (non-hydrogen) atoms. The van der Waals surface area contributed by atoms with E-state index in [4.69, 9.17) is 4.55 Å². The van der Waals surface area contributed by atoms with E-state index < -0.39 is 10.1 Å². The van der Waals surface area contributed by atoms with Gasteiger partial charge in [0.2, 0.25) is 0 Å². The zero-order valence-corrected chi connectivity index (χ0v) is 11.8. The summed E-state index contributed by atoms with van der Waals surface area (Å²) < 4.78 is 30.9. The lowest BCUT2D eigenvalue weighted by molar-refractivity contribution is 0.466. The van der Waals surface area contributed by atoms with E-state index in [1.54, 1.807) is 24.3 Å². The van der Waals surface area contributed by atoms with Crippen LogP contribution in [0.4, 0.5) is 0 Å². The lowest BCUT2D eigenvalue weighted by Crippen LogP contribution is -2.01. The largest absolute Gasteiger partial charge is 0.508 e. The van der Waals surface area contributed by atoms with Gasteiger partial charge in [-0.3, -0.25) is 4.55 Å². The maximum Gasteiger partial charge on any atom is 0.294 e. The van der Waals surface area contributed by atoms with E-state index in [2.05, 4.69) is 0 Å². The molecule has 4 nitrogen and oxygen atoms in total. The smallest absolute Gasteiger partial charge is 0.294 e. The predicted octanol–water partition coefficient (Wildman–Crippen LogP) is 2.99. The standard InChI is InChI=1S/C15H16O4S/c1-11(10-13-4-2-3-5-15(13)16)12-6-8-14(9-7-12)20(17,18)19/h2-9,11,16H,10H2,1H3,(H,17,18,19). The molecule has 5 heteroatoms. The fraction of sp³-hybridized carbons (Fsp3) is 0.200. The van der Waals surface area contributed by atoms with Crippen molar-refractivity contribution in [1.82, 2.24) is 0 Å². The highest BCUT2D eigenvalue weighted by Crippen LogP contribution is 2.26. The van der Waals surface area contributed by atoms with Crippen LogP contribution in [0, 0.1) is 0 Å². The molecule has 0 heterocycles. The van der Waals surface area contributed by atoms with Gasteiger partial charge in [-0.15, -0.1) is 0 Å². The zero-order chi connectivity index (χ0) is 14.8. The van der Waals surface area contributed by atoms with E-state index in [1.807, 2.05) is 19.1 Å². The Kier molecular flexibility index (Phi) is 4.11. The Morgan fingerprint density at radius 3 is 2.20 bits per heavy atom. The summed E-state index contributed by atoms with van der Waals surface area (Å²) in [5, 5.41) is 9.74. The van der Waals surface area contributed by atoms with Crippen LogP contribution in [-0.2, 0) is 16.5 Å². The normalized spacial score (nSPS) is 13.1. The molecule has 2 rings (SSSR count). The third-order valence-electron chi connectivity index (χ3n) is 3.26. The van der Waals surface area contributed by atoms with Gasteiger partial charge in [0.25, 0.3) is 10.1 Å². The number of benzene rings is 2. The molecule has 106 valence electrons. The molecule has 0 fully saturated rings. The Bertz CT molecular complexity index is 690. The first-order chi connectivity index (χ1) is 9.38. The van der Waals surface area contributed by atoms with Gasteiger partial charge < -0.3 is 5.11 Å². The second-order valence-electron chi connectivity index (χ2n) is 4.78. The van der Waals surface area contributed by atoms with Gasteiger partial charge in [0.1, 0.15) is 5.75 Å². The molecule has 0 aliphatic heterocycles. The summed E-state index contributed by atoms with van der Waals surface area (Å²) in [6.45, 7) is 1.99. The molecule has 1 unspecified atom stereocenters. The molecule has 0 spiro atoms. The van der Waals surface area contributed by atoms with E-state index in [9.17, 15) is 13.5 Å². The topological polar surface area (TPSA) is 74.6 Å². The third-order valence-corrected chi connectivity index (χ3v) is 4.13. The highest BCUT2D eigenvalue weighted by atomic mass is 32.2. The quantitative estimate of drug-likeness (QED) is 0.850. The molecule has 0 aromatic heterocycles. The summed E-state index contributed by atoms with van der Waals surface area (Å²) in [6, 6.07) is 13.2. The van der Waals surface area contributed by atoms with Gasteiger partial charge in [-0.1, -0.05) is 37.3 Å². The summed E-state index contributed by atoms with van der Waals surface area (Å²) in [6.07, 6.45) is 0.651. The van der Waals surface area contributed by atoms with E-state index in [-0.39, 0.29) is 16.6 Å². The minimum Gasteiger partial charge on any atom is -0.508 e. The predicted molar refractivity (Wildman–Crippen MR) is 76.5 cm³/mol. The molecule has 0 bridgehead atoms. The maximum atomic E-state index is 11.0. The van der Waals surface area contributed by atoms with Gasteiger partial charge in [-0.25, -0.2) is 0 Å². The molecule has 0 saturated heterocycles. The number of aromatic hydroxyl groups is 1. The van der Waals surface area contributed by atoms with Gasteiger partial charge in [0, 0.05) is 0 Å². The summed E-state index contributed by atoms with van der Waals surface area (Å²) in [7, 11) is -4.15. The Morgan fingerprint density at radius 1 is 1.05 bits per heavy atom. The van der Waals surface area contributed by atoms with Crippen LogP contribution in [0.5, 0.6) is 5.75 Å². The molecule has 2 N–H and O–H groups in total. The lowest BCUT2D eigenvalue weighted by atomic mass is 9.93. The van der Waals surface area contributed by atoms with Gasteiger partial charge >= 0.3 is 0 Å². The van der Waals surface area contributed by atoms with Crippen LogP contribution in [0.3, 0.4) is 0 Å². The first kappa shape index (κ1) is 14.6. The fourth-order valence-electron chi connectivity index (χ4n) is 2.10. The molecule has 0 amide bonds. The summed E-state index contributed by atoms with van der Waals surface area (Å²) in [4.78, 5) is -0.115. The Labute approximate surface area is 118 Å². The first-order valence-electron chi connectivity index (χ1n) is 6.22. The third kappa shape index (κ3) is 3.37. The van der Waals surface area contributed by atoms with Gasteiger partial charge in [-0.05, 0) is 41.7 Å². The molecule has 0 radical (unpaired) electrons. The molecule has 0 aliphatic rings. The van der Waals surface area contributed by atoms with Crippen LogP contribution in [0.1, 0.15) is 24.0 Å². The second kappa shape index (κ2) is 5.64. The van der Waals surface area contributed by atoms with Gasteiger partial charge in [0.15, 0.2) is 0 Å². The van der Waals surface area contributed by atoms with Crippen molar-refractivity contribution in [2.24, 2.45) is 0 Å². The van der Waals surface area contributed by atoms with Crippen molar-refractivity contribution in [2.45, 2.75) is 24.2 Å². The number of hydrogen-bond acceptors (Lipinski definition) is 3. The van der Waals surface area contributed by atoms with Crippen molar-refractivity contribution in [3.63, 3.8) is 0 Å². The van der Waals surface area contributed by atoms with E-state index in [0.29, 0.717) is 6.42 Å². The minimum atomic E-state index is -4.15. The van der Waals surface area contributed by atoms with Crippen molar-refractivity contribution < 1.29 is 18.1 Å². The highest BCUT2D eigenvalue weighted by Gasteiger charge is 2.12. The van der Waals surface area contributed by atoms with Crippen LogP contribution in [0.2, 0.25) is 0 Å². The molecule has 0 saturated carbocycles. The number of phenolic OH excluding ortho intramolecular Hbond substituents is 1. The van der Waals surface area contributed by atoms with Crippen molar-refractivity contribution in [3.05, 3.63) is 59.7 Å². The highest BCUT2D eigenvalue weighted by molar-refractivity contribution is 7.85. The molecule has 2 aromatic rings. The monoisotopic (exact) mass is 292 g/mol. The van der Waals surface area contributed by atoms with Crippen molar-refractivity contribution >= 4 is 10.1 Å². The van der Waals surface area contributed by atoms with Crippen LogP contribution in [0.25, 0.3) is 0 Å². The maximum absolute atomic E-state index is 11.0. The van der Waals surface area contributed by atoms with E-state index in [0.717, 1.165) is 11.1 Å². The molecule has 0 aliphatic carbocycles. The number of phenols is 1. The van der Waals surface area contributed by atoms with Crippen LogP contribution in [0.15, 0.2) is 53.4 Å². The molecule has 2 aromatic carbocycles. The van der Waals surface area contributed by atoms with Crippen molar-refractivity contribution in [3.8, 4) is 5.75 Å². The number of rotatable bonds is 4. The molecular formula is C15H16O4S.